The van der Waals surface area contributed by atoms with E-state index in [0.29, 0.717) is 27.9 Å². The van der Waals surface area contributed by atoms with Crippen molar-refractivity contribution in [1.29, 1.82) is 0 Å². The zero-order valence-electron chi connectivity index (χ0n) is 12.0. The Morgan fingerprint density at radius 3 is 2.65 bits per heavy atom. The maximum atomic E-state index is 13.2. The number of fused-ring (bicyclic) bond motifs is 3. The third-order valence-electron chi connectivity index (χ3n) is 3.74. The molecule has 0 aliphatic carbocycles. The van der Waals surface area contributed by atoms with Gasteiger partial charge in [-0.3, -0.25) is 0 Å². The van der Waals surface area contributed by atoms with Crippen LogP contribution in [0.3, 0.4) is 0 Å². The summed E-state index contributed by atoms with van der Waals surface area (Å²) in [4.78, 5) is 12.3. The Morgan fingerprint density at radius 2 is 1.91 bits per heavy atom. The fraction of sp³-hybridized carbons (Fsp3) is 0.0588. The number of hydrogen-bond donors (Lipinski definition) is 0. The molecule has 0 atom stereocenters. The molecule has 0 bridgehead atoms. The van der Waals surface area contributed by atoms with E-state index in [4.69, 9.17) is 4.42 Å². The molecule has 2 aromatic heterocycles. The predicted molar refractivity (Wildman–Crippen MR) is 89.5 cm³/mol. The van der Waals surface area contributed by atoms with E-state index in [1.165, 1.54) is 12.1 Å². The molecule has 0 N–H and O–H groups in total. The molecule has 4 aromatic rings. The molecule has 0 radical (unpaired) electrons. The molecule has 0 aliphatic rings. The van der Waals surface area contributed by atoms with Crippen molar-refractivity contribution >= 4 is 37.8 Å². The van der Waals surface area contributed by atoms with Crippen molar-refractivity contribution in [3.8, 4) is 5.69 Å². The van der Waals surface area contributed by atoms with E-state index in [1.54, 1.807) is 29.8 Å². The number of halogens is 2. The summed E-state index contributed by atoms with van der Waals surface area (Å²) in [6.07, 6.45) is 0. The zero-order valence-corrected chi connectivity index (χ0v) is 13.6. The second-order valence-electron chi connectivity index (χ2n) is 5.23. The van der Waals surface area contributed by atoms with E-state index in [9.17, 15) is 9.18 Å². The van der Waals surface area contributed by atoms with E-state index in [-0.39, 0.29) is 5.82 Å². The molecule has 0 unspecified atom stereocenters. The molecule has 0 amide bonds. The summed E-state index contributed by atoms with van der Waals surface area (Å²) >= 11 is 3.43. The van der Waals surface area contributed by atoms with Gasteiger partial charge in [0.1, 0.15) is 16.8 Å². The predicted octanol–water partition coefficient (Wildman–Crippen LogP) is 4.34. The topological polar surface area (TPSA) is 48.0 Å². The lowest BCUT2D eigenvalue weighted by atomic mass is 10.1. The Bertz CT molecular complexity index is 1110. The van der Waals surface area contributed by atoms with Crippen LogP contribution in [0.15, 0.2) is 56.1 Å². The Labute approximate surface area is 138 Å². The molecule has 2 aromatic carbocycles. The summed E-state index contributed by atoms with van der Waals surface area (Å²) in [6.45, 7) is 1.75. The Kier molecular flexibility index (Phi) is 3.09. The van der Waals surface area contributed by atoms with E-state index in [1.807, 2.05) is 12.1 Å². The largest absolute Gasteiger partial charge is 0.422 e. The van der Waals surface area contributed by atoms with Gasteiger partial charge in [0.15, 0.2) is 0 Å². The third-order valence-corrected chi connectivity index (χ3v) is 4.23. The molecular formula is C17H10BrFN2O2. The second-order valence-corrected chi connectivity index (χ2v) is 6.14. The van der Waals surface area contributed by atoms with Crippen LogP contribution in [-0.2, 0) is 0 Å². The van der Waals surface area contributed by atoms with Crippen LogP contribution in [0.1, 0.15) is 5.69 Å². The van der Waals surface area contributed by atoms with Crippen LogP contribution in [0.4, 0.5) is 4.39 Å². The van der Waals surface area contributed by atoms with Crippen molar-refractivity contribution < 1.29 is 8.81 Å². The highest BCUT2D eigenvalue weighted by atomic mass is 79.9. The number of aryl methyl sites for hydroxylation is 1. The molecule has 114 valence electrons. The highest BCUT2D eigenvalue weighted by Gasteiger charge is 2.17. The molecule has 6 heteroatoms. The van der Waals surface area contributed by atoms with Crippen molar-refractivity contribution in [2.24, 2.45) is 0 Å². The third kappa shape index (κ3) is 2.17. The van der Waals surface area contributed by atoms with Crippen molar-refractivity contribution in [3.63, 3.8) is 0 Å². The van der Waals surface area contributed by atoms with E-state index >= 15 is 0 Å². The molecule has 0 fully saturated rings. The van der Waals surface area contributed by atoms with E-state index in [0.717, 1.165) is 9.86 Å². The highest BCUT2D eigenvalue weighted by Crippen LogP contribution is 2.29. The average molecular weight is 373 g/mol. The van der Waals surface area contributed by atoms with Crippen LogP contribution in [-0.4, -0.2) is 9.78 Å². The van der Waals surface area contributed by atoms with E-state index in [2.05, 4.69) is 21.0 Å². The number of rotatable bonds is 1. The quantitative estimate of drug-likeness (QED) is 0.467. The monoisotopic (exact) mass is 372 g/mol. The molecule has 0 spiro atoms. The molecule has 0 saturated carbocycles. The fourth-order valence-electron chi connectivity index (χ4n) is 2.72. The Morgan fingerprint density at radius 1 is 1.17 bits per heavy atom. The standard InChI is InChI=1S/C17H10BrFN2O2/c1-9-15-16(21(20-9)12-5-3-11(19)4-6-12)13-8-10(18)2-7-14(13)23-17(15)22/h2-8H,1H3. The first-order valence-electron chi connectivity index (χ1n) is 6.92. The first-order chi connectivity index (χ1) is 11.0. The van der Waals surface area contributed by atoms with Gasteiger partial charge in [0.05, 0.1) is 16.9 Å². The molecule has 2 heterocycles. The van der Waals surface area contributed by atoms with Gasteiger partial charge in [0.25, 0.3) is 0 Å². The smallest absolute Gasteiger partial charge is 0.347 e. The molecule has 4 nitrogen and oxygen atoms in total. The van der Waals surface area contributed by atoms with Gasteiger partial charge in [0, 0.05) is 9.86 Å². The normalized spacial score (nSPS) is 11.4. The first kappa shape index (κ1) is 14.1. The first-order valence-corrected chi connectivity index (χ1v) is 7.71. The van der Waals surface area contributed by atoms with Crippen LogP contribution in [0.5, 0.6) is 0 Å². The van der Waals surface area contributed by atoms with Crippen LogP contribution < -0.4 is 5.63 Å². The summed E-state index contributed by atoms with van der Waals surface area (Å²) < 4.78 is 21.1. The molecule has 4 rings (SSSR count). The van der Waals surface area contributed by atoms with Crippen LogP contribution >= 0.6 is 15.9 Å². The average Bonchev–Trinajstić information content (AvgIpc) is 2.87. The highest BCUT2D eigenvalue weighted by molar-refractivity contribution is 9.10. The summed E-state index contributed by atoms with van der Waals surface area (Å²) in [5, 5.41) is 5.64. The maximum Gasteiger partial charge on any atom is 0.347 e. The molecule has 0 saturated heterocycles. The van der Waals surface area contributed by atoms with Crippen molar-refractivity contribution in [1.82, 2.24) is 9.78 Å². The minimum atomic E-state index is -0.430. The Balaban J connectivity index is 2.21. The fourth-order valence-corrected chi connectivity index (χ4v) is 3.08. The number of nitrogens with zero attached hydrogens (tertiary/aromatic N) is 2. The lowest BCUT2D eigenvalue weighted by Crippen LogP contribution is -2.02. The summed E-state index contributed by atoms with van der Waals surface area (Å²) in [6, 6.07) is 11.4. The van der Waals surface area contributed by atoms with Crippen LogP contribution in [0.2, 0.25) is 0 Å². The SMILES string of the molecule is Cc1nn(-c2ccc(F)cc2)c2c1c(=O)oc1ccc(Br)cc12. The molecule has 23 heavy (non-hydrogen) atoms. The summed E-state index contributed by atoms with van der Waals surface area (Å²) in [7, 11) is 0. The van der Waals surface area contributed by atoms with Crippen LogP contribution in [0.25, 0.3) is 27.6 Å². The zero-order chi connectivity index (χ0) is 16.1. The van der Waals surface area contributed by atoms with Gasteiger partial charge in [-0.05, 0) is 49.4 Å². The molecular weight excluding hydrogens is 363 g/mol. The number of benzene rings is 2. The lowest BCUT2D eigenvalue weighted by Gasteiger charge is -2.06. The minimum Gasteiger partial charge on any atom is -0.422 e. The van der Waals surface area contributed by atoms with Gasteiger partial charge in [-0.15, -0.1) is 0 Å². The van der Waals surface area contributed by atoms with Gasteiger partial charge in [0.2, 0.25) is 0 Å². The van der Waals surface area contributed by atoms with Crippen molar-refractivity contribution in [2.45, 2.75) is 6.92 Å². The number of hydrogen-bond acceptors (Lipinski definition) is 3. The maximum absolute atomic E-state index is 13.2. The summed E-state index contributed by atoms with van der Waals surface area (Å²) in [5.74, 6) is -0.325. The van der Waals surface area contributed by atoms with Crippen molar-refractivity contribution in [3.05, 3.63) is 68.9 Å². The molecule has 0 aliphatic heterocycles. The Hall–Kier alpha value is -2.47. The van der Waals surface area contributed by atoms with Gasteiger partial charge in [-0.1, -0.05) is 15.9 Å². The van der Waals surface area contributed by atoms with Gasteiger partial charge in [-0.25, -0.2) is 13.9 Å². The van der Waals surface area contributed by atoms with Crippen molar-refractivity contribution in [2.75, 3.05) is 0 Å². The van der Waals surface area contributed by atoms with Crippen LogP contribution in [0, 0.1) is 12.7 Å². The minimum absolute atomic E-state index is 0.325. The van der Waals surface area contributed by atoms with Gasteiger partial charge >= 0.3 is 5.63 Å². The second kappa shape index (κ2) is 5.03. The van der Waals surface area contributed by atoms with Gasteiger partial charge in [-0.2, -0.15) is 5.10 Å². The van der Waals surface area contributed by atoms with Gasteiger partial charge < -0.3 is 4.42 Å². The summed E-state index contributed by atoms with van der Waals surface area (Å²) in [5.41, 5.74) is 1.95. The number of aromatic nitrogens is 2. The van der Waals surface area contributed by atoms with E-state index < -0.39 is 5.63 Å². The lowest BCUT2D eigenvalue weighted by molar-refractivity contribution is 0.569.